The van der Waals surface area contributed by atoms with E-state index in [0.29, 0.717) is 22.6 Å². The molecule has 0 aromatic heterocycles. The highest BCUT2D eigenvalue weighted by molar-refractivity contribution is 5.57. The monoisotopic (exact) mass is 248 g/mol. The first kappa shape index (κ1) is 12.4. The summed E-state index contributed by atoms with van der Waals surface area (Å²) in [4.78, 5) is 3.15. The highest BCUT2D eigenvalue weighted by atomic mass is 15.1. The number of hydrogen-bond acceptors (Lipinski definition) is 4. The van der Waals surface area contributed by atoms with E-state index in [1.54, 1.807) is 42.5 Å². The van der Waals surface area contributed by atoms with Crippen LogP contribution in [0.4, 0.5) is 17.1 Å². The van der Waals surface area contributed by atoms with Crippen LogP contribution in [0.25, 0.3) is 4.98 Å². The molecule has 2 aromatic carbocycles. The lowest BCUT2D eigenvalue weighted by Gasteiger charge is -1.94. The van der Waals surface area contributed by atoms with E-state index >= 15 is 0 Å². The van der Waals surface area contributed by atoms with Crippen molar-refractivity contribution in [2.45, 2.75) is 6.92 Å². The Labute approximate surface area is 110 Å². The largest absolute Gasteiger partial charge is 0.388 e. The maximum Gasteiger partial charge on any atom is 0.388 e. The predicted octanol–water partition coefficient (Wildman–Crippen LogP) is 4.77. The molecule has 0 fully saturated rings. The highest BCUT2D eigenvalue weighted by Gasteiger charge is 2.09. The van der Waals surface area contributed by atoms with Crippen molar-refractivity contribution in [1.82, 2.24) is 0 Å². The molecule has 0 bridgehead atoms. The quantitative estimate of drug-likeness (QED) is 0.567. The second-order valence-electron chi connectivity index (χ2n) is 3.93. The van der Waals surface area contributed by atoms with Crippen LogP contribution >= 0.6 is 0 Å². The lowest BCUT2D eigenvalue weighted by Crippen LogP contribution is -1.72. The SMILES string of the molecule is Cc1cc(/N=N/c2ccc(C#N)cc2)ccc1[N+]#N. The second kappa shape index (κ2) is 5.52. The molecular formula is C14H10N5+. The number of nitriles is 1. The van der Waals surface area contributed by atoms with Crippen LogP contribution in [0.2, 0.25) is 0 Å². The second-order valence-corrected chi connectivity index (χ2v) is 3.93. The van der Waals surface area contributed by atoms with Crippen molar-refractivity contribution in [1.29, 1.82) is 10.7 Å². The van der Waals surface area contributed by atoms with Gasteiger partial charge in [0.1, 0.15) is 0 Å². The number of diazo groups is 1. The maximum absolute atomic E-state index is 8.71. The Morgan fingerprint density at radius 3 is 2.21 bits per heavy atom. The first-order valence-corrected chi connectivity index (χ1v) is 5.60. The van der Waals surface area contributed by atoms with Crippen LogP contribution < -0.4 is 0 Å². The summed E-state index contributed by atoms with van der Waals surface area (Å²) < 4.78 is 0. The third-order valence-electron chi connectivity index (χ3n) is 2.57. The highest BCUT2D eigenvalue weighted by Crippen LogP contribution is 2.25. The van der Waals surface area contributed by atoms with E-state index in [0.717, 1.165) is 5.56 Å². The van der Waals surface area contributed by atoms with Crippen molar-refractivity contribution in [3.63, 3.8) is 0 Å². The lowest BCUT2D eigenvalue weighted by molar-refractivity contribution is 1.22. The number of benzene rings is 2. The van der Waals surface area contributed by atoms with Crippen LogP contribution in [0.3, 0.4) is 0 Å². The molecule has 0 unspecified atom stereocenters. The molecule has 0 aliphatic heterocycles. The maximum atomic E-state index is 8.71. The van der Waals surface area contributed by atoms with Crippen molar-refractivity contribution in [2.24, 2.45) is 10.2 Å². The Morgan fingerprint density at radius 2 is 1.63 bits per heavy atom. The predicted molar refractivity (Wildman–Crippen MR) is 71.3 cm³/mol. The van der Waals surface area contributed by atoms with Crippen LogP contribution in [0.15, 0.2) is 52.7 Å². The van der Waals surface area contributed by atoms with Gasteiger partial charge in [-0.25, -0.2) is 0 Å². The summed E-state index contributed by atoms with van der Waals surface area (Å²) >= 11 is 0. The fourth-order valence-corrected chi connectivity index (χ4v) is 1.53. The molecule has 0 aliphatic rings. The normalized spacial score (nSPS) is 10.1. The fourth-order valence-electron chi connectivity index (χ4n) is 1.53. The van der Waals surface area contributed by atoms with Crippen LogP contribution in [0, 0.1) is 23.6 Å². The van der Waals surface area contributed by atoms with E-state index in [1.165, 1.54) is 0 Å². The molecule has 2 aromatic rings. The minimum atomic E-state index is 0.511. The fraction of sp³-hybridized carbons (Fsp3) is 0.0714. The van der Waals surface area contributed by atoms with Crippen molar-refractivity contribution in [3.05, 3.63) is 58.6 Å². The van der Waals surface area contributed by atoms with Crippen molar-refractivity contribution in [3.8, 4) is 6.07 Å². The van der Waals surface area contributed by atoms with Gasteiger partial charge in [-0.2, -0.15) is 15.5 Å². The van der Waals surface area contributed by atoms with Gasteiger partial charge in [-0.1, -0.05) is 0 Å². The molecule has 0 saturated carbocycles. The van der Waals surface area contributed by atoms with E-state index in [9.17, 15) is 0 Å². The number of rotatable bonds is 2. The van der Waals surface area contributed by atoms with Crippen LogP contribution in [0.1, 0.15) is 11.1 Å². The summed E-state index contributed by atoms with van der Waals surface area (Å²) in [6.45, 7) is 1.83. The molecule has 0 saturated heterocycles. The summed E-state index contributed by atoms with van der Waals surface area (Å²) in [5.41, 5.74) is 3.27. The summed E-state index contributed by atoms with van der Waals surface area (Å²) in [6.07, 6.45) is 0. The minimum absolute atomic E-state index is 0.511. The average molecular weight is 248 g/mol. The van der Waals surface area contributed by atoms with Gasteiger partial charge in [0.05, 0.1) is 23.0 Å². The van der Waals surface area contributed by atoms with Gasteiger partial charge in [0.2, 0.25) is 5.39 Å². The molecule has 0 aliphatic carbocycles. The Bertz CT molecular complexity index is 702. The van der Waals surface area contributed by atoms with Crippen LogP contribution in [0.5, 0.6) is 0 Å². The summed E-state index contributed by atoms with van der Waals surface area (Å²) in [5, 5.41) is 25.6. The average Bonchev–Trinajstić information content (AvgIpc) is 2.46. The molecular weight excluding hydrogens is 238 g/mol. The van der Waals surface area contributed by atoms with Gasteiger partial charge in [0, 0.05) is 11.6 Å². The van der Waals surface area contributed by atoms with Gasteiger partial charge in [0.25, 0.3) is 0 Å². The lowest BCUT2D eigenvalue weighted by atomic mass is 10.2. The topological polar surface area (TPSA) is 76.7 Å². The van der Waals surface area contributed by atoms with Gasteiger partial charge < -0.3 is 0 Å². The van der Waals surface area contributed by atoms with Gasteiger partial charge in [0.15, 0.2) is 4.98 Å². The van der Waals surface area contributed by atoms with E-state index in [1.807, 2.05) is 13.0 Å². The minimum Gasteiger partial charge on any atom is -0.192 e. The Balaban J connectivity index is 2.21. The number of azo groups is 1. The molecule has 5 heteroatoms. The first-order valence-electron chi connectivity index (χ1n) is 5.60. The smallest absolute Gasteiger partial charge is 0.192 e. The van der Waals surface area contributed by atoms with Gasteiger partial charge >= 0.3 is 5.69 Å². The standard InChI is InChI=1S/C14H10N5/c1-10-8-13(6-7-14(10)17-16)19-18-12-4-2-11(9-15)3-5-12/h2-8H,1H3/q+1/b19-18+. The van der Waals surface area contributed by atoms with Gasteiger partial charge in [-0.3, -0.25) is 0 Å². The first-order chi connectivity index (χ1) is 9.22. The molecule has 0 atom stereocenters. The zero-order valence-corrected chi connectivity index (χ0v) is 10.3. The molecule has 0 radical (unpaired) electrons. The number of aryl methyl sites for hydroxylation is 1. The van der Waals surface area contributed by atoms with Gasteiger partial charge in [-0.05, 0) is 43.3 Å². The Kier molecular flexibility index (Phi) is 3.61. The van der Waals surface area contributed by atoms with Crippen molar-refractivity contribution >= 4 is 17.1 Å². The zero-order chi connectivity index (χ0) is 13.7. The van der Waals surface area contributed by atoms with E-state index < -0.39 is 0 Å². The number of nitrogens with zero attached hydrogens (tertiary/aromatic N) is 5. The molecule has 0 heterocycles. The molecule has 0 amide bonds. The van der Waals surface area contributed by atoms with Crippen LogP contribution in [-0.4, -0.2) is 0 Å². The Morgan fingerprint density at radius 1 is 1.00 bits per heavy atom. The third-order valence-corrected chi connectivity index (χ3v) is 2.57. The molecule has 5 nitrogen and oxygen atoms in total. The van der Waals surface area contributed by atoms with E-state index in [2.05, 4.69) is 15.2 Å². The van der Waals surface area contributed by atoms with Crippen molar-refractivity contribution < 1.29 is 0 Å². The summed E-state index contributed by atoms with van der Waals surface area (Å²) in [7, 11) is 0. The molecule has 90 valence electrons. The van der Waals surface area contributed by atoms with E-state index in [-0.39, 0.29) is 0 Å². The molecule has 0 spiro atoms. The summed E-state index contributed by atoms with van der Waals surface area (Å²) in [5.74, 6) is 0. The molecule has 0 N–H and O–H groups in total. The van der Waals surface area contributed by atoms with E-state index in [4.69, 9.17) is 10.7 Å². The third kappa shape index (κ3) is 2.99. The molecule has 2 rings (SSSR count). The zero-order valence-electron chi connectivity index (χ0n) is 10.3. The number of hydrogen-bond donors (Lipinski definition) is 0. The summed E-state index contributed by atoms with van der Waals surface area (Å²) in [6, 6.07) is 14.0. The van der Waals surface area contributed by atoms with Crippen molar-refractivity contribution in [2.75, 3.05) is 0 Å². The van der Waals surface area contributed by atoms with Crippen LogP contribution in [-0.2, 0) is 0 Å². The molecule has 19 heavy (non-hydrogen) atoms. The van der Waals surface area contributed by atoms with Gasteiger partial charge in [-0.15, -0.1) is 0 Å². The Hall–Kier alpha value is -3.05.